The van der Waals surface area contributed by atoms with Crippen LogP contribution in [0.25, 0.3) is 0 Å². The molecular formula is C11H18N2O3. The minimum atomic E-state index is -0.104. The van der Waals surface area contributed by atoms with Crippen molar-refractivity contribution in [1.29, 1.82) is 0 Å². The van der Waals surface area contributed by atoms with Crippen molar-refractivity contribution in [2.24, 2.45) is 11.3 Å². The largest absolute Gasteiger partial charge is 0.396 e. The summed E-state index contributed by atoms with van der Waals surface area (Å²) in [7, 11) is 0. The van der Waals surface area contributed by atoms with E-state index in [4.69, 9.17) is 5.11 Å². The number of amides is 2. The maximum Gasteiger partial charge on any atom is 0.224 e. The van der Waals surface area contributed by atoms with Gasteiger partial charge in [-0.25, -0.2) is 0 Å². The number of aliphatic hydroxyl groups is 1. The van der Waals surface area contributed by atoms with Crippen LogP contribution in [0.3, 0.4) is 0 Å². The molecule has 1 unspecified atom stereocenters. The number of hydrogen-bond donors (Lipinski definition) is 3. The zero-order chi connectivity index (χ0) is 11.6. The molecule has 5 nitrogen and oxygen atoms in total. The molecule has 0 radical (unpaired) electrons. The van der Waals surface area contributed by atoms with E-state index in [2.05, 4.69) is 10.6 Å². The molecule has 3 N–H and O–H groups in total. The van der Waals surface area contributed by atoms with E-state index in [1.807, 2.05) is 0 Å². The van der Waals surface area contributed by atoms with Gasteiger partial charge in [-0.1, -0.05) is 0 Å². The van der Waals surface area contributed by atoms with E-state index < -0.39 is 0 Å². The summed E-state index contributed by atoms with van der Waals surface area (Å²) in [4.78, 5) is 22.7. The number of nitrogens with one attached hydrogen (secondary N) is 2. The summed E-state index contributed by atoms with van der Waals surface area (Å²) in [6, 6.07) is 0. The van der Waals surface area contributed by atoms with Crippen LogP contribution < -0.4 is 10.6 Å². The SMILES string of the molecule is O=C1CCC(C(=O)NCC2(CO)CC2)CN1. The molecule has 0 aromatic rings. The maximum atomic E-state index is 11.8. The molecule has 0 spiro atoms. The van der Waals surface area contributed by atoms with E-state index in [9.17, 15) is 9.59 Å². The molecule has 2 aliphatic rings. The first-order chi connectivity index (χ1) is 7.65. The molecule has 0 bridgehead atoms. The third kappa shape index (κ3) is 2.52. The van der Waals surface area contributed by atoms with Gasteiger partial charge in [0.1, 0.15) is 0 Å². The summed E-state index contributed by atoms with van der Waals surface area (Å²) < 4.78 is 0. The first-order valence-electron chi connectivity index (χ1n) is 5.80. The van der Waals surface area contributed by atoms with E-state index in [-0.39, 0.29) is 29.8 Å². The molecule has 1 aliphatic carbocycles. The van der Waals surface area contributed by atoms with Gasteiger partial charge in [0.05, 0.1) is 12.5 Å². The van der Waals surface area contributed by atoms with Gasteiger partial charge in [0.25, 0.3) is 0 Å². The molecule has 0 aromatic carbocycles. The van der Waals surface area contributed by atoms with Gasteiger partial charge in [-0.2, -0.15) is 0 Å². The summed E-state index contributed by atoms with van der Waals surface area (Å²) in [5.41, 5.74) is -0.0480. The summed E-state index contributed by atoms with van der Waals surface area (Å²) in [5, 5.41) is 14.7. The minimum absolute atomic E-state index is 0.000255. The molecular weight excluding hydrogens is 208 g/mol. The Hall–Kier alpha value is -1.10. The zero-order valence-electron chi connectivity index (χ0n) is 9.29. The Labute approximate surface area is 94.6 Å². The van der Waals surface area contributed by atoms with E-state index in [1.54, 1.807) is 0 Å². The Morgan fingerprint density at radius 3 is 2.81 bits per heavy atom. The lowest BCUT2D eigenvalue weighted by Crippen LogP contribution is -2.44. The predicted molar refractivity (Wildman–Crippen MR) is 57.5 cm³/mol. The van der Waals surface area contributed by atoms with Crippen LogP contribution in [0.2, 0.25) is 0 Å². The molecule has 1 heterocycles. The Bertz CT molecular complexity index is 290. The first-order valence-corrected chi connectivity index (χ1v) is 5.80. The Morgan fingerprint density at radius 2 is 2.31 bits per heavy atom. The molecule has 0 aromatic heterocycles. The van der Waals surface area contributed by atoms with Crippen molar-refractivity contribution in [2.75, 3.05) is 19.7 Å². The molecule has 2 rings (SSSR count). The molecule has 1 saturated heterocycles. The topological polar surface area (TPSA) is 78.4 Å². The summed E-state index contributed by atoms with van der Waals surface area (Å²) in [6.45, 7) is 1.15. The van der Waals surface area contributed by atoms with Crippen molar-refractivity contribution in [1.82, 2.24) is 10.6 Å². The van der Waals surface area contributed by atoms with E-state index in [1.165, 1.54) is 0 Å². The number of hydrogen-bond acceptors (Lipinski definition) is 3. The Kier molecular flexibility index (Phi) is 3.14. The van der Waals surface area contributed by atoms with Crippen molar-refractivity contribution in [3.63, 3.8) is 0 Å². The van der Waals surface area contributed by atoms with E-state index in [0.29, 0.717) is 25.9 Å². The van der Waals surface area contributed by atoms with Gasteiger partial charge in [-0.3, -0.25) is 9.59 Å². The standard InChI is InChI=1S/C11H18N2O3/c14-7-11(3-4-11)6-13-10(16)8-1-2-9(15)12-5-8/h8,14H,1-7H2,(H,12,15)(H,13,16). The lowest BCUT2D eigenvalue weighted by Gasteiger charge is -2.22. The number of carbonyl (C=O) groups is 2. The Balaban J connectivity index is 1.73. The maximum absolute atomic E-state index is 11.8. The lowest BCUT2D eigenvalue weighted by molar-refractivity contribution is -0.129. The smallest absolute Gasteiger partial charge is 0.224 e. The lowest BCUT2D eigenvalue weighted by atomic mass is 9.98. The van der Waals surface area contributed by atoms with Gasteiger partial charge in [0, 0.05) is 24.9 Å². The fraction of sp³-hybridized carbons (Fsp3) is 0.818. The normalized spacial score (nSPS) is 27.1. The average molecular weight is 226 g/mol. The summed E-state index contributed by atoms with van der Waals surface area (Å²) >= 11 is 0. The van der Waals surface area contributed by atoms with Crippen LogP contribution >= 0.6 is 0 Å². The molecule has 16 heavy (non-hydrogen) atoms. The third-order valence-corrected chi connectivity index (χ3v) is 3.57. The number of aliphatic hydroxyl groups excluding tert-OH is 1. The zero-order valence-corrected chi connectivity index (χ0v) is 9.29. The van der Waals surface area contributed by atoms with Gasteiger partial charge in [0.15, 0.2) is 0 Å². The highest BCUT2D eigenvalue weighted by Crippen LogP contribution is 2.44. The monoisotopic (exact) mass is 226 g/mol. The number of rotatable bonds is 4. The quantitative estimate of drug-likeness (QED) is 0.599. The van der Waals surface area contributed by atoms with Gasteiger partial charge in [-0.05, 0) is 19.3 Å². The second-order valence-electron chi connectivity index (χ2n) is 4.92. The van der Waals surface area contributed by atoms with Gasteiger partial charge in [-0.15, -0.1) is 0 Å². The first kappa shape index (κ1) is 11.4. The van der Waals surface area contributed by atoms with Crippen LogP contribution in [0, 0.1) is 11.3 Å². The van der Waals surface area contributed by atoms with Crippen molar-refractivity contribution in [3.8, 4) is 0 Å². The predicted octanol–water partition coefficient (Wildman–Crippen LogP) is -0.599. The molecule has 2 amide bonds. The van der Waals surface area contributed by atoms with Crippen LogP contribution in [-0.2, 0) is 9.59 Å². The highest BCUT2D eigenvalue weighted by atomic mass is 16.3. The van der Waals surface area contributed by atoms with Gasteiger partial charge >= 0.3 is 0 Å². The van der Waals surface area contributed by atoms with Crippen molar-refractivity contribution >= 4 is 11.8 Å². The second kappa shape index (κ2) is 4.41. The van der Waals surface area contributed by atoms with Crippen molar-refractivity contribution in [3.05, 3.63) is 0 Å². The summed E-state index contributed by atoms with van der Waals surface area (Å²) in [5.74, 6) is -0.0787. The summed E-state index contributed by atoms with van der Waals surface area (Å²) in [6.07, 6.45) is 3.05. The fourth-order valence-electron chi connectivity index (χ4n) is 1.94. The second-order valence-corrected chi connectivity index (χ2v) is 4.92. The minimum Gasteiger partial charge on any atom is -0.396 e. The van der Waals surface area contributed by atoms with E-state index >= 15 is 0 Å². The van der Waals surface area contributed by atoms with Crippen molar-refractivity contribution < 1.29 is 14.7 Å². The number of piperidine rings is 1. The highest BCUT2D eigenvalue weighted by Gasteiger charge is 2.42. The van der Waals surface area contributed by atoms with Gasteiger partial charge in [0.2, 0.25) is 11.8 Å². The highest BCUT2D eigenvalue weighted by molar-refractivity contribution is 5.83. The molecule has 1 aliphatic heterocycles. The molecule has 2 fully saturated rings. The average Bonchev–Trinajstić information content (AvgIpc) is 3.08. The fourth-order valence-corrected chi connectivity index (χ4v) is 1.94. The molecule has 90 valence electrons. The Morgan fingerprint density at radius 1 is 1.56 bits per heavy atom. The molecule has 5 heteroatoms. The van der Waals surface area contributed by atoms with Crippen LogP contribution in [0.1, 0.15) is 25.7 Å². The van der Waals surface area contributed by atoms with E-state index in [0.717, 1.165) is 12.8 Å². The van der Waals surface area contributed by atoms with Crippen molar-refractivity contribution in [2.45, 2.75) is 25.7 Å². The van der Waals surface area contributed by atoms with Crippen LogP contribution in [0.5, 0.6) is 0 Å². The van der Waals surface area contributed by atoms with Crippen LogP contribution in [0.4, 0.5) is 0 Å². The molecule has 1 saturated carbocycles. The number of carbonyl (C=O) groups excluding carboxylic acids is 2. The van der Waals surface area contributed by atoms with Crippen LogP contribution in [-0.4, -0.2) is 36.6 Å². The molecule has 1 atom stereocenters. The third-order valence-electron chi connectivity index (χ3n) is 3.57. The van der Waals surface area contributed by atoms with Gasteiger partial charge < -0.3 is 15.7 Å². The van der Waals surface area contributed by atoms with Crippen LogP contribution in [0.15, 0.2) is 0 Å².